The molecule has 0 spiro atoms. The maximum Gasteiger partial charge on any atom is 0.435 e. The van der Waals surface area contributed by atoms with Crippen LogP contribution in [0.2, 0.25) is 0 Å². The van der Waals surface area contributed by atoms with Gasteiger partial charge in [0.1, 0.15) is 4.88 Å². The summed E-state index contributed by atoms with van der Waals surface area (Å²) in [4.78, 5) is 18.2. The second-order valence-corrected chi connectivity index (χ2v) is 6.19. The first-order valence-electron chi connectivity index (χ1n) is 6.38. The third kappa shape index (κ3) is 3.29. The molecule has 0 radical (unpaired) electrons. The zero-order chi connectivity index (χ0) is 16.7. The Labute approximate surface area is 129 Å². The highest BCUT2D eigenvalue weighted by Crippen LogP contribution is 2.31. The molecule has 0 aliphatic heterocycles. The minimum absolute atomic E-state index is 0.0373. The average Bonchev–Trinajstić information content (AvgIpc) is 2.90. The van der Waals surface area contributed by atoms with Gasteiger partial charge in [-0.3, -0.25) is 9.48 Å². The van der Waals surface area contributed by atoms with E-state index in [1.807, 2.05) is 0 Å². The van der Waals surface area contributed by atoms with Crippen LogP contribution in [0.15, 0.2) is 6.20 Å². The molecule has 9 heteroatoms. The van der Waals surface area contributed by atoms with E-state index in [4.69, 9.17) is 0 Å². The van der Waals surface area contributed by atoms with Crippen molar-refractivity contribution in [1.29, 1.82) is 0 Å². The zero-order valence-corrected chi connectivity index (χ0v) is 13.3. The molecule has 2 aromatic rings. The number of hydrogen-bond acceptors (Lipinski definition) is 4. The van der Waals surface area contributed by atoms with Crippen LogP contribution in [0, 0.1) is 13.8 Å². The van der Waals surface area contributed by atoms with Gasteiger partial charge in [0, 0.05) is 32.4 Å². The lowest BCUT2D eigenvalue weighted by atomic mass is 10.2. The van der Waals surface area contributed by atoms with Crippen LogP contribution in [0.5, 0.6) is 0 Å². The number of halogens is 3. The molecule has 2 aromatic heterocycles. The van der Waals surface area contributed by atoms with E-state index < -0.39 is 11.9 Å². The number of hydrogen-bond donors (Lipinski definition) is 0. The fraction of sp³-hybridized carbons (Fsp3) is 0.462. The van der Waals surface area contributed by atoms with Gasteiger partial charge in [-0.15, -0.1) is 11.3 Å². The molecule has 0 saturated heterocycles. The summed E-state index contributed by atoms with van der Waals surface area (Å²) in [5.74, 6) is -0.347. The zero-order valence-electron chi connectivity index (χ0n) is 12.5. The van der Waals surface area contributed by atoms with Gasteiger partial charge in [-0.25, -0.2) is 4.98 Å². The molecule has 0 aromatic carbocycles. The van der Waals surface area contributed by atoms with Crippen molar-refractivity contribution in [3.63, 3.8) is 0 Å². The average molecular weight is 332 g/mol. The number of aryl methyl sites for hydroxylation is 3. The van der Waals surface area contributed by atoms with Gasteiger partial charge < -0.3 is 4.90 Å². The molecule has 5 nitrogen and oxygen atoms in total. The molecule has 120 valence electrons. The second kappa shape index (κ2) is 5.71. The summed E-state index contributed by atoms with van der Waals surface area (Å²) in [5.41, 5.74) is -0.418. The molecule has 0 atom stereocenters. The lowest BCUT2D eigenvalue weighted by molar-refractivity contribution is -0.142. The minimum atomic E-state index is -4.54. The highest BCUT2D eigenvalue weighted by Gasteiger charge is 2.37. The summed E-state index contributed by atoms with van der Waals surface area (Å²) >= 11 is 1.23. The Bertz CT molecular complexity index is 705. The number of amides is 1. The van der Waals surface area contributed by atoms with Gasteiger partial charge in [0.15, 0.2) is 5.69 Å². The third-order valence-electron chi connectivity index (χ3n) is 3.03. The van der Waals surface area contributed by atoms with Crippen molar-refractivity contribution in [2.24, 2.45) is 7.05 Å². The number of nitrogens with zero attached hydrogens (tertiary/aromatic N) is 4. The largest absolute Gasteiger partial charge is 0.435 e. The predicted molar refractivity (Wildman–Crippen MR) is 75.6 cm³/mol. The molecule has 0 fully saturated rings. The van der Waals surface area contributed by atoms with Crippen LogP contribution in [-0.2, 0) is 19.8 Å². The maximum absolute atomic E-state index is 12.9. The van der Waals surface area contributed by atoms with E-state index >= 15 is 0 Å². The molecule has 0 aliphatic carbocycles. The number of carbonyl (C=O) groups is 1. The molecule has 2 rings (SSSR count). The maximum atomic E-state index is 12.9. The smallest absolute Gasteiger partial charge is 0.336 e. The van der Waals surface area contributed by atoms with Gasteiger partial charge in [-0.2, -0.15) is 18.3 Å². The molecule has 0 N–H and O–H groups in total. The standard InChI is InChI=1S/C13H15F3N4OS/c1-7-10(22-8(2)17-7)12(21)19(3)5-9-6-20(4)18-11(9)13(14,15)16/h6H,5H2,1-4H3. The summed E-state index contributed by atoms with van der Waals surface area (Å²) in [6.07, 6.45) is -3.27. The van der Waals surface area contributed by atoms with Crippen LogP contribution in [-0.4, -0.2) is 32.6 Å². The van der Waals surface area contributed by atoms with Gasteiger partial charge in [-0.05, 0) is 13.8 Å². The molecule has 1 amide bonds. The van der Waals surface area contributed by atoms with Gasteiger partial charge in [0.05, 0.1) is 10.7 Å². The Morgan fingerprint density at radius 1 is 1.41 bits per heavy atom. The Balaban J connectivity index is 2.24. The predicted octanol–water partition coefficient (Wildman–Crippen LogP) is 2.78. The molecule has 0 bridgehead atoms. The third-order valence-corrected chi connectivity index (χ3v) is 4.09. The Morgan fingerprint density at radius 3 is 2.55 bits per heavy atom. The van der Waals surface area contributed by atoms with Crippen LogP contribution >= 0.6 is 11.3 Å². The number of thiazole rings is 1. The van der Waals surface area contributed by atoms with E-state index in [1.54, 1.807) is 13.8 Å². The quantitative estimate of drug-likeness (QED) is 0.868. The molecule has 2 heterocycles. The van der Waals surface area contributed by atoms with Crippen molar-refractivity contribution in [1.82, 2.24) is 19.7 Å². The Hall–Kier alpha value is -1.90. The summed E-state index contributed by atoms with van der Waals surface area (Å²) in [6.45, 7) is 3.31. The summed E-state index contributed by atoms with van der Waals surface area (Å²) < 4.78 is 39.8. The van der Waals surface area contributed by atoms with Crippen LogP contribution < -0.4 is 0 Å². The van der Waals surface area contributed by atoms with Crippen molar-refractivity contribution < 1.29 is 18.0 Å². The monoisotopic (exact) mass is 332 g/mol. The Morgan fingerprint density at radius 2 is 2.05 bits per heavy atom. The Kier molecular flexibility index (Phi) is 4.28. The number of alkyl halides is 3. The van der Waals surface area contributed by atoms with Crippen molar-refractivity contribution >= 4 is 17.2 Å². The highest BCUT2D eigenvalue weighted by molar-refractivity contribution is 7.13. The lowest BCUT2D eigenvalue weighted by Crippen LogP contribution is -2.27. The number of carbonyl (C=O) groups excluding carboxylic acids is 1. The molecular formula is C13H15F3N4OS. The normalized spacial score (nSPS) is 11.8. The summed E-state index contributed by atoms with van der Waals surface area (Å²) in [7, 11) is 2.88. The summed E-state index contributed by atoms with van der Waals surface area (Å²) in [6, 6.07) is 0. The van der Waals surface area contributed by atoms with Gasteiger partial charge in [-0.1, -0.05) is 0 Å². The fourth-order valence-corrected chi connectivity index (χ4v) is 3.04. The topological polar surface area (TPSA) is 51.0 Å². The number of rotatable bonds is 3. The summed E-state index contributed by atoms with van der Waals surface area (Å²) in [5, 5.41) is 4.17. The minimum Gasteiger partial charge on any atom is -0.336 e. The lowest BCUT2D eigenvalue weighted by Gasteiger charge is -2.17. The van der Waals surface area contributed by atoms with E-state index in [9.17, 15) is 18.0 Å². The molecule has 22 heavy (non-hydrogen) atoms. The van der Waals surface area contributed by atoms with E-state index in [0.29, 0.717) is 10.6 Å². The van der Waals surface area contributed by atoms with Crippen molar-refractivity contribution in [2.75, 3.05) is 7.05 Å². The molecular weight excluding hydrogens is 317 g/mol. The number of aromatic nitrogens is 3. The molecule has 0 unspecified atom stereocenters. The van der Waals surface area contributed by atoms with Crippen LogP contribution in [0.1, 0.15) is 31.6 Å². The van der Waals surface area contributed by atoms with E-state index in [-0.39, 0.29) is 18.0 Å². The van der Waals surface area contributed by atoms with Crippen LogP contribution in [0.3, 0.4) is 0 Å². The van der Waals surface area contributed by atoms with E-state index in [0.717, 1.165) is 9.69 Å². The van der Waals surface area contributed by atoms with Crippen LogP contribution in [0.25, 0.3) is 0 Å². The first-order chi connectivity index (χ1) is 10.1. The van der Waals surface area contributed by atoms with Gasteiger partial charge in [0.2, 0.25) is 0 Å². The molecule has 0 aliphatic rings. The van der Waals surface area contributed by atoms with Crippen molar-refractivity contribution in [3.8, 4) is 0 Å². The van der Waals surface area contributed by atoms with Crippen molar-refractivity contribution in [3.05, 3.63) is 33.0 Å². The fourth-order valence-electron chi connectivity index (χ4n) is 2.12. The second-order valence-electron chi connectivity index (χ2n) is 4.98. The first kappa shape index (κ1) is 16.5. The SMILES string of the molecule is Cc1nc(C)c(C(=O)N(C)Cc2cn(C)nc2C(F)(F)F)s1. The van der Waals surface area contributed by atoms with E-state index in [2.05, 4.69) is 10.1 Å². The van der Waals surface area contributed by atoms with E-state index in [1.165, 1.54) is 36.5 Å². The molecule has 0 saturated carbocycles. The van der Waals surface area contributed by atoms with Gasteiger partial charge in [0.25, 0.3) is 5.91 Å². The van der Waals surface area contributed by atoms with Crippen LogP contribution in [0.4, 0.5) is 13.2 Å². The first-order valence-corrected chi connectivity index (χ1v) is 7.20. The van der Waals surface area contributed by atoms with Crippen molar-refractivity contribution in [2.45, 2.75) is 26.6 Å². The van der Waals surface area contributed by atoms with Gasteiger partial charge >= 0.3 is 6.18 Å². The highest BCUT2D eigenvalue weighted by atomic mass is 32.1.